The predicted molar refractivity (Wildman–Crippen MR) is 171 cm³/mol. The van der Waals surface area contributed by atoms with Gasteiger partial charge in [-0.1, -0.05) is 126 Å². The Morgan fingerprint density at radius 2 is 1.15 bits per heavy atom. The Bertz CT molecular complexity index is 1150. The van der Waals surface area contributed by atoms with E-state index in [1.165, 1.54) is 74.8 Å². The molecular weight excluding hydrogens is 550 g/mol. The predicted octanol–water partition coefficient (Wildman–Crippen LogP) is 9.90. The van der Waals surface area contributed by atoms with Gasteiger partial charge in [0.2, 0.25) is 0 Å². The SMILES string of the molecule is C1=CC=CC=1.C[C@H](C1=C=CC=C1P(c1ccccc1)c1ccccc1)P(C1CCCCC1)C1CCCCC1.[Fe]. The maximum Gasteiger partial charge on any atom is 0.00984 e. The van der Waals surface area contributed by atoms with Crippen LogP contribution in [0.5, 0.6) is 0 Å². The van der Waals surface area contributed by atoms with Gasteiger partial charge in [0, 0.05) is 28.3 Å². The number of hydrogen-bond acceptors (Lipinski definition) is 0. The molecule has 2 fully saturated rings. The monoisotopic (exact) mass is 592 g/mol. The first-order valence-electron chi connectivity index (χ1n) is 14.8. The van der Waals surface area contributed by atoms with E-state index in [0.717, 1.165) is 11.3 Å². The van der Waals surface area contributed by atoms with Gasteiger partial charge in [0.15, 0.2) is 0 Å². The molecule has 4 aliphatic rings. The average Bonchev–Trinajstić information content (AvgIpc) is 3.72. The number of hydrogen-bond donors (Lipinski definition) is 0. The summed E-state index contributed by atoms with van der Waals surface area (Å²) in [5, 5.41) is 4.49. The van der Waals surface area contributed by atoms with Crippen LogP contribution in [0.4, 0.5) is 0 Å². The van der Waals surface area contributed by atoms with Gasteiger partial charge in [0.25, 0.3) is 0 Å². The van der Waals surface area contributed by atoms with Gasteiger partial charge in [-0.3, -0.25) is 0 Å². The molecule has 0 N–H and O–H groups in total. The molecule has 0 nitrogen and oxygen atoms in total. The van der Waals surface area contributed by atoms with Gasteiger partial charge in [-0.25, -0.2) is 0 Å². The van der Waals surface area contributed by atoms with E-state index in [-0.39, 0.29) is 25.0 Å². The summed E-state index contributed by atoms with van der Waals surface area (Å²) in [5.74, 6) is 0. The van der Waals surface area contributed by atoms with Gasteiger partial charge >= 0.3 is 0 Å². The molecule has 1 atom stereocenters. The van der Waals surface area contributed by atoms with Gasteiger partial charge in [-0.05, 0) is 85.2 Å². The molecule has 2 aromatic rings. The fourth-order valence-corrected chi connectivity index (χ4v) is 13.5. The van der Waals surface area contributed by atoms with E-state index in [1.54, 1.807) is 10.9 Å². The average molecular weight is 593 g/mol. The summed E-state index contributed by atoms with van der Waals surface area (Å²) >= 11 is 0. The molecule has 204 valence electrons. The first-order valence-corrected chi connectivity index (χ1v) is 17.6. The van der Waals surface area contributed by atoms with Crippen molar-refractivity contribution in [2.24, 2.45) is 0 Å². The van der Waals surface area contributed by atoms with Crippen LogP contribution in [-0.4, -0.2) is 17.0 Å². The molecule has 2 saturated carbocycles. The minimum Gasteiger partial charge on any atom is -0.121 e. The van der Waals surface area contributed by atoms with Crippen molar-refractivity contribution in [3.63, 3.8) is 0 Å². The maximum atomic E-state index is 3.82. The van der Waals surface area contributed by atoms with E-state index in [0.29, 0.717) is 5.66 Å². The van der Waals surface area contributed by atoms with E-state index >= 15 is 0 Å². The van der Waals surface area contributed by atoms with E-state index in [1.807, 2.05) is 24.3 Å². The Balaban J connectivity index is 0.000000530. The van der Waals surface area contributed by atoms with Crippen molar-refractivity contribution in [1.29, 1.82) is 0 Å². The molecule has 0 amide bonds. The smallest absolute Gasteiger partial charge is 0.00984 e. The van der Waals surface area contributed by atoms with Crippen molar-refractivity contribution in [3.8, 4) is 0 Å². The molecule has 0 bridgehead atoms. The fraction of sp³-hybridized carbons (Fsp3) is 0.389. The molecule has 39 heavy (non-hydrogen) atoms. The Labute approximate surface area is 250 Å². The summed E-state index contributed by atoms with van der Waals surface area (Å²) < 4.78 is 0. The van der Waals surface area contributed by atoms with Crippen molar-refractivity contribution in [2.45, 2.75) is 88.1 Å². The summed E-state index contributed by atoms with van der Waals surface area (Å²) in [6.45, 7) is 2.59. The van der Waals surface area contributed by atoms with Crippen molar-refractivity contribution in [3.05, 3.63) is 119 Å². The quantitative estimate of drug-likeness (QED) is 0.171. The molecule has 0 heterocycles. The summed E-state index contributed by atoms with van der Waals surface area (Å²) in [5.41, 5.74) is 10.8. The molecule has 2 aromatic carbocycles. The zero-order chi connectivity index (χ0) is 26.0. The molecular formula is C36H42FeP2. The molecule has 3 heteroatoms. The van der Waals surface area contributed by atoms with Crippen LogP contribution in [0, 0.1) is 0 Å². The first kappa shape index (κ1) is 30.3. The summed E-state index contributed by atoms with van der Waals surface area (Å²) in [6, 6.07) is 22.5. The largest absolute Gasteiger partial charge is 0.121 e. The molecule has 0 saturated heterocycles. The van der Waals surface area contributed by atoms with Crippen molar-refractivity contribution in [1.82, 2.24) is 0 Å². The Hall–Kier alpha value is -1.66. The summed E-state index contributed by atoms with van der Waals surface area (Å²) in [4.78, 5) is 0. The van der Waals surface area contributed by atoms with Crippen molar-refractivity contribution in [2.75, 3.05) is 0 Å². The first-order chi connectivity index (χ1) is 18.8. The number of allylic oxidation sites excluding steroid dienone is 6. The van der Waals surface area contributed by atoms with Gasteiger partial charge in [-0.2, -0.15) is 0 Å². The molecule has 4 aliphatic carbocycles. The van der Waals surface area contributed by atoms with E-state index in [9.17, 15) is 0 Å². The van der Waals surface area contributed by atoms with Crippen LogP contribution < -0.4 is 10.6 Å². The third-order valence-corrected chi connectivity index (χ3v) is 14.8. The maximum absolute atomic E-state index is 3.82. The van der Waals surface area contributed by atoms with Gasteiger partial charge in [0.1, 0.15) is 0 Å². The topological polar surface area (TPSA) is 0 Å². The Morgan fingerprint density at radius 1 is 0.667 bits per heavy atom. The molecule has 0 aromatic heterocycles. The van der Waals surface area contributed by atoms with Crippen molar-refractivity contribution < 1.29 is 17.1 Å². The molecule has 0 radical (unpaired) electrons. The standard InChI is InChI=1S/C31H38P2.C5H4.Fe/c1-25(32(26-15-6-2-7-16-26)27-17-8-3-9-18-27)30-23-14-24-31(30)33(28-19-10-4-11-20-28)29-21-12-5-13-22-29;1-2-4-5-3-1;/h4-5,10-14,19-22,24-27H,2-3,6-9,15-18H2,1H3;1-4H;/t25-;;/m1../s1. The zero-order valence-corrected chi connectivity index (χ0v) is 26.2. The van der Waals surface area contributed by atoms with Crippen LogP contribution in [0.2, 0.25) is 0 Å². The third-order valence-electron chi connectivity index (χ3n) is 8.38. The molecule has 0 aliphatic heterocycles. The second kappa shape index (κ2) is 16.0. The molecule has 0 spiro atoms. The van der Waals surface area contributed by atoms with Crippen LogP contribution in [0.25, 0.3) is 0 Å². The van der Waals surface area contributed by atoms with Gasteiger partial charge < -0.3 is 0 Å². The zero-order valence-electron chi connectivity index (χ0n) is 23.3. The minimum atomic E-state index is -0.543. The van der Waals surface area contributed by atoms with Crippen LogP contribution in [0.15, 0.2) is 119 Å². The number of rotatable bonds is 7. The second-order valence-corrected chi connectivity index (χ2v) is 16.2. The van der Waals surface area contributed by atoms with E-state index in [2.05, 4.69) is 91.2 Å². The minimum absolute atomic E-state index is 0. The van der Waals surface area contributed by atoms with Gasteiger partial charge in [-0.15, -0.1) is 11.5 Å². The van der Waals surface area contributed by atoms with Crippen molar-refractivity contribution >= 4 is 26.5 Å². The third kappa shape index (κ3) is 7.97. The Kier molecular flexibility index (Phi) is 12.4. The normalized spacial score (nSPS) is 19.5. The van der Waals surface area contributed by atoms with E-state index in [4.69, 9.17) is 0 Å². The number of benzene rings is 2. The Morgan fingerprint density at radius 3 is 1.59 bits per heavy atom. The van der Waals surface area contributed by atoms with Crippen LogP contribution in [-0.2, 0) is 17.1 Å². The molecule has 0 unspecified atom stereocenters. The van der Waals surface area contributed by atoms with Gasteiger partial charge in [0.05, 0.1) is 0 Å². The summed E-state index contributed by atoms with van der Waals surface area (Å²) in [6.07, 6.45) is 27.0. The van der Waals surface area contributed by atoms with E-state index < -0.39 is 7.92 Å². The second-order valence-electron chi connectivity index (χ2n) is 10.9. The van der Waals surface area contributed by atoms with Crippen LogP contribution in [0.1, 0.15) is 71.1 Å². The van der Waals surface area contributed by atoms with Crippen LogP contribution in [0.3, 0.4) is 0 Å². The summed E-state index contributed by atoms with van der Waals surface area (Å²) in [7, 11) is -0.551. The molecule has 6 rings (SSSR count). The van der Waals surface area contributed by atoms with Crippen LogP contribution >= 0.6 is 15.8 Å². The fourth-order valence-electron chi connectivity index (χ4n) is 6.60.